The zero-order valence-electron chi connectivity index (χ0n) is 24.5. The summed E-state index contributed by atoms with van der Waals surface area (Å²) in [4.78, 5) is 7.94. The maximum atomic E-state index is 11.5. The Kier molecular flexibility index (Phi) is 10.4. The second-order valence-electron chi connectivity index (χ2n) is 11.9. The first-order valence-corrected chi connectivity index (χ1v) is 15.2. The molecule has 42 heavy (non-hydrogen) atoms. The molecule has 1 aliphatic carbocycles. The van der Waals surface area contributed by atoms with Gasteiger partial charge in [0.2, 0.25) is 0 Å². The largest absolute Gasteiger partial charge is 0.387 e. The van der Waals surface area contributed by atoms with Gasteiger partial charge in [-0.05, 0) is 72.4 Å². The molecule has 5 rings (SSSR count). The smallest absolute Gasteiger partial charge is 0.137 e. The van der Waals surface area contributed by atoms with E-state index in [9.17, 15) is 10.4 Å². The van der Waals surface area contributed by atoms with Crippen molar-refractivity contribution in [1.82, 2.24) is 29.5 Å². The van der Waals surface area contributed by atoms with Crippen molar-refractivity contribution in [3.63, 3.8) is 0 Å². The number of rotatable bonds is 10. The molecule has 3 atom stereocenters. The lowest BCUT2D eigenvalue weighted by Gasteiger charge is -2.40. The van der Waals surface area contributed by atoms with Crippen LogP contribution in [0.2, 0.25) is 10.0 Å². The van der Waals surface area contributed by atoms with E-state index in [0.717, 1.165) is 49.1 Å². The van der Waals surface area contributed by atoms with Crippen molar-refractivity contribution in [2.75, 3.05) is 0 Å². The summed E-state index contributed by atoms with van der Waals surface area (Å²) in [5, 5.41) is 31.0. The Bertz CT molecular complexity index is 1420. The molecule has 0 amide bonds. The van der Waals surface area contributed by atoms with Gasteiger partial charge in [-0.1, -0.05) is 81.1 Å². The Morgan fingerprint density at radius 2 is 1.57 bits per heavy atom. The van der Waals surface area contributed by atoms with Crippen LogP contribution in [0.5, 0.6) is 0 Å². The first-order chi connectivity index (χ1) is 20.1. The Morgan fingerprint density at radius 1 is 0.976 bits per heavy atom. The summed E-state index contributed by atoms with van der Waals surface area (Å²) >= 11 is 11.9. The van der Waals surface area contributed by atoms with E-state index in [1.807, 2.05) is 48.5 Å². The van der Waals surface area contributed by atoms with Crippen LogP contribution in [0.1, 0.15) is 64.0 Å². The Hall–Kier alpha value is -3.25. The average molecular weight is 609 g/mol. The summed E-state index contributed by atoms with van der Waals surface area (Å²) in [6.07, 6.45) is 12.0. The van der Waals surface area contributed by atoms with Crippen LogP contribution in [-0.4, -0.2) is 40.2 Å². The molecule has 4 aromatic rings. The van der Waals surface area contributed by atoms with Crippen LogP contribution in [0.4, 0.5) is 0 Å². The number of nitrogens with zero attached hydrogens (tertiary/aromatic N) is 7. The van der Waals surface area contributed by atoms with Crippen molar-refractivity contribution in [3.8, 4) is 6.07 Å². The number of hydrogen-bond donors (Lipinski definition) is 1. The van der Waals surface area contributed by atoms with Gasteiger partial charge < -0.3 is 5.11 Å². The molecule has 1 N–H and O–H groups in total. The fourth-order valence-electron chi connectivity index (χ4n) is 5.93. The van der Waals surface area contributed by atoms with Crippen molar-refractivity contribution >= 4 is 23.2 Å². The van der Waals surface area contributed by atoms with Gasteiger partial charge in [0.1, 0.15) is 30.7 Å². The van der Waals surface area contributed by atoms with Gasteiger partial charge >= 0.3 is 0 Å². The highest BCUT2D eigenvalue weighted by atomic mass is 35.5. The molecular weight excluding hydrogens is 569 g/mol. The van der Waals surface area contributed by atoms with E-state index in [2.05, 4.69) is 47.0 Å². The predicted molar refractivity (Wildman–Crippen MR) is 165 cm³/mol. The highest BCUT2D eigenvalue weighted by molar-refractivity contribution is 6.30. The van der Waals surface area contributed by atoms with Crippen LogP contribution in [0.25, 0.3) is 0 Å². The van der Waals surface area contributed by atoms with E-state index in [1.165, 1.54) is 18.2 Å². The molecule has 2 aromatic carbocycles. The van der Waals surface area contributed by atoms with Gasteiger partial charge in [-0.15, -0.1) is 0 Å². The molecule has 2 aromatic heterocycles. The van der Waals surface area contributed by atoms with E-state index < -0.39 is 11.0 Å². The summed E-state index contributed by atoms with van der Waals surface area (Å²) < 4.78 is 3.45. The summed E-state index contributed by atoms with van der Waals surface area (Å²) in [5.41, 5.74) is 0.669. The number of unbranched alkanes of at least 4 members (excludes halogenated alkanes) is 1. The van der Waals surface area contributed by atoms with E-state index >= 15 is 0 Å². The standard InChI is InChI=1S/C17H22ClN3O.C15H17ClN4/c1-16(2)8-7-14(9-13-3-5-15(18)6-4-13)17(16,22)10-21-12-19-11-20-21;1-2-3-8-15(9-17,10-20-12-18-11-19-20)13-4-6-14(16)7-5-13/h3-6,11-12,14,22H,7-10H2,1-2H3;4-7,11-12H,2-3,8,10H2,1H3. The quantitative estimate of drug-likeness (QED) is 0.209. The Morgan fingerprint density at radius 3 is 2.12 bits per heavy atom. The van der Waals surface area contributed by atoms with Gasteiger partial charge in [0.05, 0.1) is 24.8 Å². The van der Waals surface area contributed by atoms with Crippen LogP contribution in [0, 0.1) is 22.7 Å². The first kappa shape index (κ1) is 31.7. The number of halogens is 2. The van der Waals surface area contributed by atoms with Gasteiger partial charge in [0, 0.05) is 10.0 Å². The van der Waals surface area contributed by atoms with Gasteiger partial charge in [-0.3, -0.25) is 9.36 Å². The zero-order chi connectivity index (χ0) is 30.2. The SMILES string of the molecule is CC1(C)CCC(Cc2ccc(Cl)cc2)C1(O)Cn1cncn1.CCCCC(C#N)(Cn1cncn1)c1ccc(Cl)cc1. The van der Waals surface area contributed by atoms with Crippen LogP contribution in [0.3, 0.4) is 0 Å². The molecule has 0 bridgehead atoms. The predicted octanol–water partition coefficient (Wildman–Crippen LogP) is 6.92. The minimum atomic E-state index is -0.791. The molecule has 1 aliphatic rings. The molecular formula is C32H39Cl2N7O. The third kappa shape index (κ3) is 7.38. The van der Waals surface area contributed by atoms with Crippen LogP contribution >= 0.6 is 23.2 Å². The van der Waals surface area contributed by atoms with Crippen molar-refractivity contribution in [2.45, 2.75) is 83.4 Å². The van der Waals surface area contributed by atoms with E-state index in [-0.39, 0.29) is 11.3 Å². The molecule has 8 nitrogen and oxygen atoms in total. The van der Waals surface area contributed by atoms with E-state index in [4.69, 9.17) is 23.2 Å². The topological polar surface area (TPSA) is 105 Å². The lowest BCUT2D eigenvalue weighted by Crippen LogP contribution is -2.49. The van der Waals surface area contributed by atoms with Crippen molar-refractivity contribution in [1.29, 1.82) is 5.26 Å². The van der Waals surface area contributed by atoms with E-state index in [1.54, 1.807) is 22.0 Å². The Labute approximate surface area is 258 Å². The fraction of sp³-hybridized carbons (Fsp3) is 0.469. The number of aromatic nitrogens is 6. The number of nitriles is 1. The highest BCUT2D eigenvalue weighted by Gasteiger charge is 2.54. The molecule has 222 valence electrons. The summed E-state index contributed by atoms with van der Waals surface area (Å²) in [6, 6.07) is 17.9. The normalized spacial score (nSPS) is 20.7. The maximum Gasteiger partial charge on any atom is 0.137 e. The summed E-state index contributed by atoms with van der Waals surface area (Å²) in [7, 11) is 0. The van der Waals surface area contributed by atoms with Crippen molar-refractivity contribution < 1.29 is 5.11 Å². The van der Waals surface area contributed by atoms with Crippen LogP contribution in [-0.2, 0) is 24.9 Å². The molecule has 1 saturated carbocycles. The lowest BCUT2D eigenvalue weighted by molar-refractivity contribution is -0.0907. The third-order valence-electron chi connectivity index (χ3n) is 8.70. The Balaban J connectivity index is 0.000000194. The molecule has 3 unspecified atom stereocenters. The van der Waals surface area contributed by atoms with Gasteiger partial charge in [-0.2, -0.15) is 15.5 Å². The first-order valence-electron chi connectivity index (χ1n) is 14.4. The highest BCUT2D eigenvalue weighted by Crippen LogP contribution is 2.51. The number of aliphatic hydroxyl groups is 1. The molecule has 0 radical (unpaired) electrons. The van der Waals surface area contributed by atoms with Crippen LogP contribution < -0.4 is 0 Å². The number of benzene rings is 2. The molecule has 10 heteroatoms. The summed E-state index contributed by atoms with van der Waals surface area (Å²) in [6.45, 7) is 7.40. The van der Waals surface area contributed by atoms with Crippen molar-refractivity contribution in [3.05, 3.63) is 95.0 Å². The minimum Gasteiger partial charge on any atom is -0.387 e. The molecule has 0 saturated heterocycles. The van der Waals surface area contributed by atoms with E-state index in [0.29, 0.717) is 18.1 Å². The molecule has 0 spiro atoms. The minimum absolute atomic E-state index is 0.143. The maximum absolute atomic E-state index is 11.5. The fourth-order valence-corrected chi connectivity index (χ4v) is 6.18. The summed E-state index contributed by atoms with van der Waals surface area (Å²) in [5.74, 6) is 0.202. The molecule has 2 heterocycles. The average Bonchev–Trinajstić information content (AvgIpc) is 3.73. The van der Waals surface area contributed by atoms with Crippen LogP contribution in [0.15, 0.2) is 73.8 Å². The van der Waals surface area contributed by atoms with Gasteiger partial charge in [-0.25, -0.2) is 9.97 Å². The molecule has 0 aliphatic heterocycles. The van der Waals surface area contributed by atoms with Gasteiger partial charge in [0.15, 0.2) is 0 Å². The zero-order valence-corrected chi connectivity index (χ0v) is 26.0. The lowest BCUT2D eigenvalue weighted by atomic mass is 9.72. The second-order valence-corrected chi connectivity index (χ2v) is 12.7. The van der Waals surface area contributed by atoms with Gasteiger partial charge in [0.25, 0.3) is 0 Å². The number of hydrogen-bond acceptors (Lipinski definition) is 6. The molecule has 1 fully saturated rings. The van der Waals surface area contributed by atoms with Crippen molar-refractivity contribution in [2.24, 2.45) is 11.3 Å². The third-order valence-corrected chi connectivity index (χ3v) is 9.20. The second kappa shape index (κ2) is 13.8. The monoisotopic (exact) mass is 607 g/mol.